The number of hydrogen-bond donors (Lipinski definition) is 0. The van der Waals surface area contributed by atoms with Gasteiger partial charge in [-0.05, 0) is 38.1 Å². The first-order valence-electron chi connectivity index (χ1n) is 6.70. The zero-order valence-corrected chi connectivity index (χ0v) is 12.0. The second kappa shape index (κ2) is 6.39. The standard InChI is InChI=1S/C14H22ClN3/c1-3-13-11-17(2)7-4-8-18(13)14-10-16-6-5-12(14)9-15/h5-6,10,13H,3-4,7-9,11H2,1-2H3. The van der Waals surface area contributed by atoms with Crippen molar-refractivity contribution in [3.8, 4) is 0 Å². The molecule has 4 heteroatoms. The van der Waals surface area contributed by atoms with E-state index in [1.807, 2.05) is 18.5 Å². The third-order valence-electron chi connectivity index (χ3n) is 3.71. The molecule has 0 bridgehead atoms. The van der Waals surface area contributed by atoms with E-state index in [0.717, 1.165) is 19.5 Å². The van der Waals surface area contributed by atoms with Crippen molar-refractivity contribution in [3.63, 3.8) is 0 Å². The summed E-state index contributed by atoms with van der Waals surface area (Å²) >= 11 is 6.05. The monoisotopic (exact) mass is 267 g/mol. The largest absolute Gasteiger partial charge is 0.366 e. The number of aromatic nitrogens is 1. The Kier molecular flexibility index (Phi) is 4.84. The van der Waals surface area contributed by atoms with Crippen LogP contribution in [-0.2, 0) is 5.88 Å². The van der Waals surface area contributed by atoms with E-state index in [-0.39, 0.29) is 0 Å². The van der Waals surface area contributed by atoms with Crippen LogP contribution in [0, 0.1) is 0 Å². The minimum Gasteiger partial charge on any atom is -0.366 e. The van der Waals surface area contributed by atoms with Crippen molar-refractivity contribution in [3.05, 3.63) is 24.0 Å². The molecule has 0 spiro atoms. The molecule has 1 saturated heterocycles. The minimum atomic E-state index is 0.556. The van der Waals surface area contributed by atoms with Gasteiger partial charge in [0.15, 0.2) is 0 Å². The molecular formula is C14H22ClN3. The summed E-state index contributed by atoms with van der Waals surface area (Å²) in [6.07, 6.45) is 6.14. The summed E-state index contributed by atoms with van der Waals surface area (Å²) in [6, 6.07) is 2.59. The van der Waals surface area contributed by atoms with Crippen LogP contribution >= 0.6 is 11.6 Å². The molecule has 1 aliphatic heterocycles. The SMILES string of the molecule is CCC1CN(C)CCCN1c1cnccc1CCl. The average Bonchev–Trinajstić information content (AvgIpc) is 2.60. The second-order valence-electron chi connectivity index (χ2n) is 5.01. The van der Waals surface area contributed by atoms with Gasteiger partial charge in [-0.1, -0.05) is 6.92 Å². The van der Waals surface area contributed by atoms with Crippen LogP contribution in [0.5, 0.6) is 0 Å². The van der Waals surface area contributed by atoms with Crippen molar-refractivity contribution in [2.75, 3.05) is 31.6 Å². The number of anilines is 1. The van der Waals surface area contributed by atoms with Gasteiger partial charge in [0.2, 0.25) is 0 Å². The van der Waals surface area contributed by atoms with Gasteiger partial charge in [0.25, 0.3) is 0 Å². The molecule has 1 aromatic rings. The normalized spacial score (nSPS) is 21.9. The van der Waals surface area contributed by atoms with Crippen LogP contribution in [-0.4, -0.2) is 42.6 Å². The fraction of sp³-hybridized carbons (Fsp3) is 0.643. The summed E-state index contributed by atoms with van der Waals surface area (Å²) in [6.45, 7) is 5.64. The Morgan fingerprint density at radius 1 is 1.44 bits per heavy atom. The van der Waals surface area contributed by atoms with E-state index in [1.165, 1.54) is 24.2 Å². The molecule has 3 nitrogen and oxygen atoms in total. The highest BCUT2D eigenvalue weighted by Crippen LogP contribution is 2.26. The third-order valence-corrected chi connectivity index (χ3v) is 4.00. The summed E-state index contributed by atoms with van der Waals surface area (Å²) in [5.74, 6) is 0.556. The molecule has 18 heavy (non-hydrogen) atoms. The second-order valence-corrected chi connectivity index (χ2v) is 5.28. The van der Waals surface area contributed by atoms with E-state index in [4.69, 9.17) is 11.6 Å². The Labute approximate surface area is 115 Å². The fourth-order valence-electron chi connectivity index (χ4n) is 2.70. The summed E-state index contributed by atoms with van der Waals surface area (Å²) in [7, 11) is 2.21. The van der Waals surface area contributed by atoms with Gasteiger partial charge in [0.1, 0.15) is 0 Å². The van der Waals surface area contributed by atoms with Gasteiger partial charge in [-0.15, -0.1) is 11.6 Å². The highest BCUT2D eigenvalue weighted by atomic mass is 35.5. The molecule has 1 aromatic heterocycles. The molecule has 2 heterocycles. The number of halogens is 1. The summed E-state index contributed by atoms with van der Waals surface area (Å²) in [4.78, 5) is 9.19. The molecule has 1 aliphatic rings. The third kappa shape index (κ3) is 2.96. The number of alkyl halides is 1. The minimum absolute atomic E-state index is 0.556. The zero-order valence-electron chi connectivity index (χ0n) is 11.3. The van der Waals surface area contributed by atoms with E-state index >= 15 is 0 Å². The summed E-state index contributed by atoms with van der Waals surface area (Å²) < 4.78 is 0. The van der Waals surface area contributed by atoms with Crippen molar-refractivity contribution < 1.29 is 0 Å². The first kappa shape index (κ1) is 13.6. The van der Waals surface area contributed by atoms with Gasteiger partial charge >= 0.3 is 0 Å². The van der Waals surface area contributed by atoms with Crippen LogP contribution in [0.25, 0.3) is 0 Å². The molecule has 1 unspecified atom stereocenters. The van der Waals surface area contributed by atoms with Gasteiger partial charge < -0.3 is 9.80 Å². The van der Waals surface area contributed by atoms with Crippen LogP contribution in [0.3, 0.4) is 0 Å². The van der Waals surface area contributed by atoms with Crippen molar-refractivity contribution in [1.82, 2.24) is 9.88 Å². The molecule has 0 radical (unpaired) electrons. The lowest BCUT2D eigenvalue weighted by Crippen LogP contribution is -2.40. The summed E-state index contributed by atoms with van der Waals surface area (Å²) in [5.41, 5.74) is 2.41. The average molecular weight is 268 g/mol. The molecule has 2 rings (SSSR count). The zero-order chi connectivity index (χ0) is 13.0. The van der Waals surface area contributed by atoms with Crippen LogP contribution in [0.1, 0.15) is 25.3 Å². The maximum absolute atomic E-state index is 6.05. The van der Waals surface area contributed by atoms with E-state index in [0.29, 0.717) is 11.9 Å². The van der Waals surface area contributed by atoms with Crippen molar-refractivity contribution in [1.29, 1.82) is 0 Å². The molecule has 0 aromatic carbocycles. The molecule has 0 aliphatic carbocycles. The summed E-state index contributed by atoms with van der Waals surface area (Å²) in [5, 5.41) is 0. The molecule has 1 fully saturated rings. The van der Waals surface area contributed by atoms with Gasteiger partial charge in [-0.2, -0.15) is 0 Å². The van der Waals surface area contributed by atoms with Crippen molar-refractivity contribution in [2.24, 2.45) is 0 Å². The number of rotatable bonds is 3. The number of hydrogen-bond acceptors (Lipinski definition) is 3. The molecule has 0 N–H and O–H groups in total. The lowest BCUT2D eigenvalue weighted by Gasteiger charge is -2.33. The van der Waals surface area contributed by atoms with Gasteiger partial charge in [0.05, 0.1) is 11.9 Å². The molecule has 1 atom stereocenters. The lowest BCUT2D eigenvalue weighted by molar-refractivity contribution is 0.328. The highest BCUT2D eigenvalue weighted by Gasteiger charge is 2.23. The van der Waals surface area contributed by atoms with Gasteiger partial charge in [0, 0.05) is 31.2 Å². The van der Waals surface area contributed by atoms with Crippen molar-refractivity contribution >= 4 is 17.3 Å². The number of pyridine rings is 1. The van der Waals surface area contributed by atoms with E-state index in [9.17, 15) is 0 Å². The Hall–Kier alpha value is -0.800. The Bertz CT molecular complexity index is 383. The predicted molar refractivity (Wildman–Crippen MR) is 77.3 cm³/mol. The van der Waals surface area contributed by atoms with E-state index in [2.05, 4.69) is 28.8 Å². The van der Waals surface area contributed by atoms with Crippen LogP contribution in [0.2, 0.25) is 0 Å². The Morgan fingerprint density at radius 2 is 2.28 bits per heavy atom. The smallest absolute Gasteiger partial charge is 0.0600 e. The van der Waals surface area contributed by atoms with E-state index in [1.54, 1.807) is 0 Å². The van der Waals surface area contributed by atoms with Crippen molar-refractivity contribution in [2.45, 2.75) is 31.7 Å². The first-order valence-corrected chi connectivity index (χ1v) is 7.23. The lowest BCUT2D eigenvalue weighted by atomic mass is 10.1. The highest BCUT2D eigenvalue weighted by molar-refractivity contribution is 6.17. The first-order chi connectivity index (χ1) is 8.76. The van der Waals surface area contributed by atoms with Gasteiger partial charge in [-0.25, -0.2) is 0 Å². The van der Waals surface area contributed by atoms with Crippen LogP contribution in [0.15, 0.2) is 18.5 Å². The topological polar surface area (TPSA) is 19.4 Å². The molecule has 0 amide bonds. The molecule has 0 saturated carbocycles. The number of nitrogens with zero attached hydrogens (tertiary/aromatic N) is 3. The molecule has 100 valence electrons. The Morgan fingerprint density at radius 3 is 3.00 bits per heavy atom. The van der Waals surface area contributed by atoms with E-state index < -0.39 is 0 Å². The predicted octanol–water partition coefficient (Wildman–Crippen LogP) is 2.74. The molecular weight excluding hydrogens is 246 g/mol. The maximum Gasteiger partial charge on any atom is 0.0600 e. The fourth-order valence-corrected chi connectivity index (χ4v) is 2.92. The number of likely N-dealkylation sites (N-methyl/N-ethyl adjacent to an activating group) is 1. The van der Waals surface area contributed by atoms with Crippen LogP contribution in [0.4, 0.5) is 5.69 Å². The quantitative estimate of drug-likeness (QED) is 0.785. The maximum atomic E-state index is 6.05. The Balaban J connectivity index is 2.28. The van der Waals surface area contributed by atoms with Gasteiger partial charge in [-0.3, -0.25) is 4.98 Å². The van der Waals surface area contributed by atoms with Crippen LogP contribution < -0.4 is 4.90 Å².